The van der Waals surface area contributed by atoms with E-state index in [1.54, 1.807) is 0 Å². The van der Waals surface area contributed by atoms with Gasteiger partial charge in [-0.2, -0.15) is 4.31 Å². The molecule has 0 amide bonds. The fourth-order valence-corrected chi connectivity index (χ4v) is 3.99. The molecule has 0 aliphatic carbocycles. The summed E-state index contributed by atoms with van der Waals surface area (Å²) < 4.78 is 31.2. The van der Waals surface area contributed by atoms with Crippen molar-refractivity contribution in [3.63, 3.8) is 0 Å². The van der Waals surface area contributed by atoms with E-state index in [1.165, 1.54) is 16.4 Å². The topological polar surface area (TPSA) is 46.6 Å². The summed E-state index contributed by atoms with van der Waals surface area (Å²) in [4.78, 5) is -0.0273. The van der Waals surface area contributed by atoms with Crippen molar-refractivity contribution in [2.24, 2.45) is 0 Å². The summed E-state index contributed by atoms with van der Waals surface area (Å²) in [5.74, 6) is 0. The van der Waals surface area contributed by atoms with Gasteiger partial charge in [0.2, 0.25) is 10.0 Å². The highest BCUT2D eigenvalue weighted by Gasteiger charge is 2.29. The number of ether oxygens (including phenoxy) is 1. The summed E-state index contributed by atoms with van der Waals surface area (Å²) >= 11 is 17.6. The molecule has 0 radical (unpaired) electrons. The standard InChI is InChI=1S/C10H10Cl3NO3S/c11-7-1-2-8(10(13)9(7)12)18(15,16)14-3-5-17-6-4-14/h1-2H,3-6H2. The van der Waals surface area contributed by atoms with E-state index in [0.717, 1.165) is 0 Å². The van der Waals surface area contributed by atoms with Crippen LogP contribution in [-0.4, -0.2) is 39.0 Å². The third-order valence-corrected chi connectivity index (χ3v) is 5.93. The number of nitrogens with zero attached hydrogens (tertiary/aromatic N) is 1. The van der Waals surface area contributed by atoms with Gasteiger partial charge in [0.05, 0.1) is 28.3 Å². The van der Waals surface area contributed by atoms with Crippen LogP contribution in [0.1, 0.15) is 0 Å². The summed E-state index contributed by atoms with van der Waals surface area (Å²) in [5.41, 5.74) is 0. The number of hydrogen-bond donors (Lipinski definition) is 0. The molecule has 0 aromatic heterocycles. The first-order chi connectivity index (χ1) is 8.44. The van der Waals surface area contributed by atoms with Gasteiger partial charge in [0, 0.05) is 13.1 Å². The van der Waals surface area contributed by atoms with Crippen LogP contribution < -0.4 is 0 Å². The lowest BCUT2D eigenvalue weighted by molar-refractivity contribution is 0.0730. The molecule has 0 bridgehead atoms. The largest absolute Gasteiger partial charge is 0.379 e. The Morgan fingerprint density at radius 3 is 2.28 bits per heavy atom. The summed E-state index contributed by atoms with van der Waals surface area (Å²) in [5, 5.41) is 0.228. The van der Waals surface area contributed by atoms with Gasteiger partial charge in [-0.3, -0.25) is 0 Å². The van der Waals surface area contributed by atoms with E-state index in [1.807, 2.05) is 0 Å². The van der Waals surface area contributed by atoms with Gasteiger partial charge < -0.3 is 4.74 Å². The molecular formula is C10H10Cl3NO3S. The maximum atomic E-state index is 12.4. The van der Waals surface area contributed by atoms with Crippen LogP contribution in [0.5, 0.6) is 0 Å². The van der Waals surface area contributed by atoms with E-state index < -0.39 is 10.0 Å². The molecule has 0 N–H and O–H groups in total. The number of morpholine rings is 1. The zero-order valence-electron chi connectivity index (χ0n) is 9.20. The average molecular weight is 331 g/mol. The third kappa shape index (κ3) is 2.61. The van der Waals surface area contributed by atoms with Gasteiger partial charge in [-0.25, -0.2) is 8.42 Å². The first kappa shape index (κ1) is 14.4. The van der Waals surface area contributed by atoms with E-state index in [0.29, 0.717) is 26.3 Å². The van der Waals surface area contributed by atoms with Crippen molar-refractivity contribution >= 4 is 44.8 Å². The third-order valence-electron chi connectivity index (χ3n) is 2.59. The molecule has 4 nitrogen and oxygen atoms in total. The molecule has 0 atom stereocenters. The minimum Gasteiger partial charge on any atom is -0.379 e. The maximum Gasteiger partial charge on any atom is 0.244 e. The lowest BCUT2D eigenvalue weighted by Gasteiger charge is -2.26. The highest BCUT2D eigenvalue weighted by molar-refractivity contribution is 7.89. The van der Waals surface area contributed by atoms with Crippen LogP contribution in [0.25, 0.3) is 0 Å². The molecule has 1 saturated heterocycles. The second-order valence-corrected chi connectivity index (χ2v) is 6.76. The van der Waals surface area contributed by atoms with Gasteiger partial charge in [0.25, 0.3) is 0 Å². The van der Waals surface area contributed by atoms with Crippen LogP contribution in [0.2, 0.25) is 15.1 Å². The molecule has 1 heterocycles. The summed E-state index contributed by atoms with van der Waals surface area (Å²) in [6.45, 7) is 1.36. The molecule has 1 aliphatic rings. The molecule has 100 valence electrons. The van der Waals surface area contributed by atoms with Crippen LogP contribution in [0.3, 0.4) is 0 Å². The first-order valence-electron chi connectivity index (χ1n) is 5.16. The highest BCUT2D eigenvalue weighted by Crippen LogP contribution is 2.36. The van der Waals surface area contributed by atoms with Gasteiger partial charge in [-0.1, -0.05) is 34.8 Å². The number of benzene rings is 1. The first-order valence-corrected chi connectivity index (χ1v) is 7.73. The van der Waals surface area contributed by atoms with Gasteiger partial charge >= 0.3 is 0 Å². The molecule has 18 heavy (non-hydrogen) atoms. The van der Waals surface area contributed by atoms with Crippen LogP contribution in [0.15, 0.2) is 17.0 Å². The fraction of sp³-hybridized carbons (Fsp3) is 0.400. The molecule has 1 aliphatic heterocycles. The quantitative estimate of drug-likeness (QED) is 0.783. The lowest BCUT2D eigenvalue weighted by atomic mass is 10.4. The molecule has 1 fully saturated rings. The summed E-state index contributed by atoms with van der Waals surface area (Å²) in [7, 11) is -3.65. The van der Waals surface area contributed by atoms with Gasteiger partial charge in [0.1, 0.15) is 4.90 Å². The van der Waals surface area contributed by atoms with Crippen molar-refractivity contribution in [2.75, 3.05) is 26.3 Å². The molecule has 0 spiro atoms. The maximum absolute atomic E-state index is 12.4. The van der Waals surface area contributed by atoms with E-state index in [2.05, 4.69) is 0 Å². The Morgan fingerprint density at radius 2 is 1.67 bits per heavy atom. The molecule has 0 unspecified atom stereocenters. The normalized spacial score (nSPS) is 17.9. The average Bonchev–Trinajstić information content (AvgIpc) is 2.37. The van der Waals surface area contributed by atoms with E-state index in [4.69, 9.17) is 39.5 Å². The molecule has 2 rings (SSSR count). The second-order valence-electron chi connectivity index (χ2n) is 3.69. The van der Waals surface area contributed by atoms with E-state index >= 15 is 0 Å². The molecule has 8 heteroatoms. The lowest BCUT2D eigenvalue weighted by Crippen LogP contribution is -2.40. The van der Waals surface area contributed by atoms with Crippen molar-refractivity contribution in [1.29, 1.82) is 0 Å². The minimum atomic E-state index is -3.65. The zero-order chi connectivity index (χ0) is 13.3. The van der Waals surface area contributed by atoms with E-state index in [-0.39, 0.29) is 20.0 Å². The second kappa shape index (κ2) is 5.53. The Kier molecular flexibility index (Phi) is 4.41. The number of sulfonamides is 1. The van der Waals surface area contributed by atoms with Crippen LogP contribution in [0.4, 0.5) is 0 Å². The predicted molar refractivity (Wildman–Crippen MR) is 71.0 cm³/mol. The Hall–Kier alpha value is -0.0400. The predicted octanol–water partition coefficient (Wildman–Crippen LogP) is 2.67. The van der Waals surface area contributed by atoms with Gasteiger partial charge in [-0.05, 0) is 12.1 Å². The summed E-state index contributed by atoms with van der Waals surface area (Å²) in [6.07, 6.45) is 0. The number of halogens is 3. The molecule has 1 aromatic carbocycles. The zero-order valence-corrected chi connectivity index (χ0v) is 12.3. The number of rotatable bonds is 2. The fourth-order valence-electron chi connectivity index (χ4n) is 1.63. The van der Waals surface area contributed by atoms with Crippen molar-refractivity contribution in [1.82, 2.24) is 4.31 Å². The minimum absolute atomic E-state index is 0.0273. The van der Waals surface area contributed by atoms with Crippen molar-refractivity contribution in [3.05, 3.63) is 27.2 Å². The van der Waals surface area contributed by atoms with Gasteiger partial charge in [-0.15, -0.1) is 0 Å². The van der Waals surface area contributed by atoms with E-state index in [9.17, 15) is 8.42 Å². The summed E-state index contributed by atoms with van der Waals surface area (Å²) in [6, 6.07) is 2.78. The Balaban J connectivity index is 2.44. The monoisotopic (exact) mass is 329 g/mol. The Labute approximate surface area is 120 Å². The van der Waals surface area contributed by atoms with Crippen LogP contribution in [0, 0.1) is 0 Å². The van der Waals surface area contributed by atoms with Gasteiger partial charge in [0.15, 0.2) is 0 Å². The smallest absolute Gasteiger partial charge is 0.244 e. The van der Waals surface area contributed by atoms with Crippen LogP contribution in [-0.2, 0) is 14.8 Å². The Morgan fingerprint density at radius 1 is 1.06 bits per heavy atom. The molecule has 1 aromatic rings. The highest BCUT2D eigenvalue weighted by atomic mass is 35.5. The van der Waals surface area contributed by atoms with Crippen molar-refractivity contribution in [2.45, 2.75) is 4.90 Å². The molecule has 0 saturated carbocycles. The van der Waals surface area contributed by atoms with Crippen LogP contribution >= 0.6 is 34.8 Å². The molecular weight excluding hydrogens is 321 g/mol. The van der Waals surface area contributed by atoms with Crippen molar-refractivity contribution in [3.8, 4) is 0 Å². The number of hydrogen-bond acceptors (Lipinski definition) is 3. The van der Waals surface area contributed by atoms with Crippen molar-refractivity contribution < 1.29 is 13.2 Å². The SMILES string of the molecule is O=S(=O)(c1ccc(Cl)c(Cl)c1Cl)N1CCOCC1. The Bertz CT molecular complexity index is 556.